The van der Waals surface area contributed by atoms with Crippen molar-refractivity contribution in [3.63, 3.8) is 0 Å². The predicted molar refractivity (Wildman–Crippen MR) is 47.2 cm³/mol. The van der Waals surface area contributed by atoms with Gasteiger partial charge >= 0.3 is 0 Å². The molecule has 0 amide bonds. The van der Waals surface area contributed by atoms with Gasteiger partial charge in [-0.25, -0.2) is 9.67 Å². The van der Waals surface area contributed by atoms with E-state index in [4.69, 9.17) is 0 Å². The Morgan fingerprint density at radius 1 is 1.50 bits per heavy atom. The van der Waals surface area contributed by atoms with Crippen LogP contribution in [0.4, 0.5) is 5.95 Å². The summed E-state index contributed by atoms with van der Waals surface area (Å²) < 4.78 is 1.54. The van der Waals surface area contributed by atoms with E-state index in [-0.39, 0.29) is 0 Å². The average molecular weight is 194 g/mol. The molecule has 8 heteroatoms. The molecule has 0 bridgehead atoms. The molecule has 0 aliphatic heterocycles. The quantitative estimate of drug-likeness (QED) is 0.667. The minimum absolute atomic E-state index is 0.499. The number of aromatic amines is 1. The molecule has 0 aliphatic rings. The van der Waals surface area contributed by atoms with Crippen molar-refractivity contribution in [2.75, 3.05) is 5.32 Å². The van der Waals surface area contributed by atoms with Crippen molar-refractivity contribution in [3.05, 3.63) is 11.6 Å². The Bertz CT molecular complexity index is 415. The third-order valence-corrected chi connectivity index (χ3v) is 1.67. The number of aryl methyl sites for hydroxylation is 2. The van der Waals surface area contributed by atoms with Crippen molar-refractivity contribution in [3.8, 4) is 0 Å². The minimum atomic E-state index is 0.499. The van der Waals surface area contributed by atoms with Crippen LogP contribution in [0.2, 0.25) is 0 Å². The van der Waals surface area contributed by atoms with Crippen LogP contribution in [-0.4, -0.2) is 35.4 Å². The Morgan fingerprint density at radius 2 is 2.36 bits per heavy atom. The summed E-state index contributed by atoms with van der Waals surface area (Å²) in [6.07, 6.45) is 0. The van der Waals surface area contributed by atoms with E-state index in [1.165, 1.54) is 0 Å². The predicted octanol–water partition coefficient (Wildman–Crippen LogP) is -0.751. The fourth-order valence-electron chi connectivity index (χ4n) is 1.01. The molecule has 0 atom stereocenters. The van der Waals surface area contributed by atoms with Gasteiger partial charge in [0.2, 0.25) is 5.95 Å². The lowest BCUT2D eigenvalue weighted by atomic mass is 10.6. The second kappa shape index (κ2) is 3.40. The normalized spacial score (nSPS) is 10.4. The molecule has 2 rings (SSSR count). The third kappa shape index (κ3) is 1.68. The first-order valence-corrected chi connectivity index (χ1v) is 4.10. The number of nitrogens with one attached hydrogen (secondary N) is 2. The van der Waals surface area contributed by atoms with E-state index in [9.17, 15) is 0 Å². The molecule has 0 saturated heterocycles. The maximum absolute atomic E-state index is 4.13. The van der Waals surface area contributed by atoms with Crippen molar-refractivity contribution in [1.29, 1.82) is 0 Å². The van der Waals surface area contributed by atoms with Gasteiger partial charge in [0.1, 0.15) is 5.82 Å². The van der Waals surface area contributed by atoms with Crippen LogP contribution >= 0.6 is 0 Å². The number of hydrogen-bond acceptors (Lipinski definition) is 6. The van der Waals surface area contributed by atoms with E-state index in [0.717, 1.165) is 5.82 Å². The summed E-state index contributed by atoms with van der Waals surface area (Å²) in [5, 5.41) is 20.7. The Morgan fingerprint density at radius 3 is 2.93 bits per heavy atom. The Kier molecular flexibility index (Phi) is 2.09. The van der Waals surface area contributed by atoms with Crippen LogP contribution in [0.1, 0.15) is 11.6 Å². The number of rotatable bonds is 3. The topological polar surface area (TPSA) is 97.2 Å². The van der Waals surface area contributed by atoms with Gasteiger partial charge in [0.25, 0.3) is 0 Å². The van der Waals surface area contributed by atoms with Gasteiger partial charge in [-0.1, -0.05) is 5.10 Å². The molecular formula is C6H10N8. The SMILES string of the molecule is Cc1nc(CNc2nnnn2C)n[nH]1. The van der Waals surface area contributed by atoms with E-state index in [0.29, 0.717) is 18.3 Å². The minimum Gasteiger partial charge on any atom is -0.346 e. The van der Waals surface area contributed by atoms with Gasteiger partial charge in [-0.3, -0.25) is 5.10 Å². The van der Waals surface area contributed by atoms with Crippen molar-refractivity contribution in [1.82, 2.24) is 35.4 Å². The molecule has 0 spiro atoms. The number of aromatic nitrogens is 7. The average Bonchev–Trinajstić information content (AvgIpc) is 2.72. The highest BCUT2D eigenvalue weighted by atomic mass is 15.6. The van der Waals surface area contributed by atoms with Gasteiger partial charge in [-0.2, -0.15) is 5.10 Å². The molecule has 2 heterocycles. The van der Waals surface area contributed by atoms with Crippen LogP contribution in [0.5, 0.6) is 0 Å². The largest absolute Gasteiger partial charge is 0.346 e. The summed E-state index contributed by atoms with van der Waals surface area (Å²) in [5.41, 5.74) is 0. The molecule has 0 saturated carbocycles. The molecule has 2 N–H and O–H groups in total. The Labute approximate surface area is 79.7 Å². The van der Waals surface area contributed by atoms with Gasteiger partial charge in [-0.05, 0) is 17.4 Å². The van der Waals surface area contributed by atoms with Crippen LogP contribution in [0, 0.1) is 6.92 Å². The zero-order valence-electron chi connectivity index (χ0n) is 7.89. The smallest absolute Gasteiger partial charge is 0.243 e. The van der Waals surface area contributed by atoms with Crippen molar-refractivity contribution >= 4 is 5.95 Å². The zero-order valence-corrected chi connectivity index (χ0v) is 7.89. The number of anilines is 1. The van der Waals surface area contributed by atoms with Gasteiger partial charge in [0.05, 0.1) is 6.54 Å². The molecule has 0 aromatic carbocycles. The molecule has 74 valence electrons. The third-order valence-electron chi connectivity index (χ3n) is 1.67. The van der Waals surface area contributed by atoms with Gasteiger partial charge in [0.15, 0.2) is 5.82 Å². The molecular weight excluding hydrogens is 184 g/mol. The second-order valence-electron chi connectivity index (χ2n) is 2.82. The van der Waals surface area contributed by atoms with Crippen molar-refractivity contribution in [2.45, 2.75) is 13.5 Å². The molecule has 14 heavy (non-hydrogen) atoms. The summed E-state index contributed by atoms with van der Waals surface area (Å²) in [4.78, 5) is 4.13. The van der Waals surface area contributed by atoms with Crippen LogP contribution in [0.3, 0.4) is 0 Å². The van der Waals surface area contributed by atoms with Crippen molar-refractivity contribution in [2.24, 2.45) is 7.05 Å². The molecule has 0 aliphatic carbocycles. The van der Waals surface area contributed by atoms with E-state index >= 15 is 0 Å². The summed E-state index contributed by atoms with van der Waals surface area (Å²) in [5.74, 6) is 2.07. The highest BCUT2D eigenvalue weighted by molar-refractivity contribution is 5.21. The lowest BCUT2D eigenvalue weighted by Crippen LogP contribution is -2.06. The van der Waals surface area contributed by atoms with Gasteiger partial charge in [0, 0.05) is 7.05 Å². The van der Waals surface area contributed by atoms with Crippen LogP contribution < -0.4 is 5.32 Å². The number of hydrogen-bond donors (Lipinski definition) is 2. The Balaban J connectivity index is 1.98. The molecule has 0 unspecified atom stereocenters. The van der Waals surface area contributed by atoms with Gasteiger partial charge < -0.3 is 5.32 Å². The fraction of sp³-hybridized carbons (Fsp3) is 0.500. The lowest BCUT2D eigenvalue weighted by Gasteiger charge is -1.98. The highest BCUT2D eigenvalue weighted by Gasteiger charge is 2.03. The first-order valence-electron chi connectivity index (χ1n) is 4.10. The first kappa shape index (κ1) is 8.60. The van der Waals surface area contributed by atoms with E-state index in [2.05, 4.69) is 36.0 Å². The maximum atomic E-state index is 4.13. The van der Waals surface area contributed by atoms with E-state index in [1.54, 1.807) is 11.7 Å². The molecule has 0 fully saturated rings. The van der Waals surface area contributed by atoms with E-state index < -0.39 is 0 Å². The summed E-state index contributed by atoms with van der Waals surface area (Å²) in [6.45, 7) is 2.35. The summed E-state index contributed by atoms with van der Waals surface area (Å²) in [6, 6.07) is 0. The summed E-state index contributed by atoms with van der Waals surface area (Å²) in [7, 11) is 1.76. The van der Waals surface area contributed by atoms with Crippen LogP contribution in [0.25, 0.3) is 0 Å². The molecule has 8 nitrogen and oxygen atoms in total. The number of nitrogens with zero attached hydrogens (tertiary/aromatic N) is 6. The van der Waals surface area contributed by atoms with Crippen LogP contribution in [0.15, 0.2) is 0 Å². The standard InChI is InChI=1S/C6H10N8/c1-4-8-5(10-9-4)3-7-6-11-12-13-14(6)2/h3H2,1-2H3,(H,7,11,13)(H,8,9,10). The number of H-pyrrole nitrogens is 1. The first-order chi connectivity index (χ1) is 6.75. The highest BCUT2D eigenvalue weighted by Crippen LogP contribution is 1.98. The van der Waals surface area contributed by atoms with Crippen molar-refractivity contribution < 1.29 is 0 Å². The fourth-order valence-corrected chi connectivity index (χ4v) is 1.01. The van der Waals surface area contributed by atoms with Gasteiger partial charge in [-0.15, -0.1) is 0 Å². The molecule has 2 aromatic heterocycles. The monoisotopic (exact) mass is 194 g/mol. The Hall–Kier alpha value is -1.99. The number of tetrazole rings is 1. The summed E-state index contributed by atoms with van der Waals surface area (Å²) >= 11 is 0. The van der Waals surface area contributed by atoms with Crippen LogP contribution in [-0.2, 0) is 13.6 Å². The molecule has 0 radical (unpaired) electrons. The zero-order chi connectivity index (χ0) is 9.97. The lowest BCUT2D eigenvalue weighted by molar-refractivity contribution is 0.711. The van der Waals surface area contributed by atoms with E-state index in [1.807, 2.05) is 6.92 Å². The maximum Gasteiger partial charge on any atom is 0.243 e. The second-order valence-corrected chi connectivity index (χ2v) is 2.82. The molecule has 2 aromatic rings.